The topological polar surface area (TPSA) is 56.0 Å². The summed E-state index contributed by atoms with van der Waals surface area (Å²) < 4.78 is 26.3. The number of primary amides is 1. The molecule has 0 bridgehead atoms. The molecule has 0 unspecified atom stereocenters. The third kappa shape index (κ3) is 2.13. The van der Waals surface area contributed by atoms with Gasteiger partial charge in [0.25, 0.3) is 5.91 Å². The molecule has 2 rings (SSSR count). The molecule has 0 fully saturated rings. The van der Waals surface area contributed by atoms with Crippen molar-refractivity contribution in [2.24, 2.45) is 5.73 Å². The predicted octanol–water partition coefficient (Wildman–Crippen LogP) is 2.13. The molecule has 1 amide bonds. The number of hydrogen-bond donors (Lipinski definition) is 1. The van der Waals surface area contributed by atoms with Crippen LogP contribution in [0.2, 0.25) is 0 Å². The van der Waals surface area contributed by atoms with Crippen LogP contribution in [0.3, 0.4) is 0 Å². The van der Waals surface area contributed by atoms with Crippen molar-refractivity contribution >= 4 is 5.91 Å². The second-order valence-electron chi connectivity index (χ2n) is 3.39. The smallest absolute Gasteiger partial charge is 0.267 e. The first kappa shape index (κ1) is 11.2. The van der Waals surface area contributed by atoms with E-state index in [1.807, 2.05) is 0 Å². The molecule has 17 heavy (non-hydrogen) atoms. The second-order valence-corrected chi connectivity index (χ2v) is 3.39. The van der Waals surface area contributed by atoms with Crippen molar-refractivity contribution in [1.29, 1.82) is 0 Å². The van der Waals surface area contributed by atoms with Crippen LogP contribution in [0.25, 0.3) is 11.1 Å². The normalized spacial score (nSPS) is 10.2. The van der Waals surface area contributed by atoms with Crippen LogP contribution in [0.4, 0.5) is 8.78 Å². The third-order valence-corrected chi connectivity index (χ3v) is 2.26. The molecule has 0 atom stereocenters. The van der Waals surface area contributed by atoms with E-state index < -0.39 is 17.5 Å². The number of amides is 1. The Hall–Kier alpha value is -2.30. The van der Waals surface area contributed by atoms with Crippen LogP contribution in [-0.2, 0) is 0 Å². The van der Waals surface area contributed by atoms with E-state index in [-0.39, 0.29) is 16.8 Å². The van der Waals surface area contributed by atoms with E-state index in [2.05, 4.69) is 4.98 Å². The van der Waals surface area contributed by atoms with E-state index in [0.29, 0.717) is 0 Å². The summed E-state index contributed by atoms with van der Waals surface area (Å²) >= 11 is 0. The average molecular weight is 234 g/mol. The van der Waals surface area contributed by atoms with Crippen molar-refractivity contribution in [3.05, 3.63) is 53.9 Å². The zero-order chi connectivity index (χ0) is 12.4. The van der Waals surface area contributed by atoms with Gasteiger partial charge in [-0.15, -0.1) is 0 Å². The lowest BCUT2D eigenvalue weighted by molar-refractivity contribution is 0.0996. The standard InChI is InChI=1S/C12H8F2N2O/c13-7-3-4-8(10(14)6-7)9-2-1-5-16-11(9)12(15)17/h1-6H,(H2,15,17). The maximum absolute atomic E-state index is 13.6. The van der Waals surface area contributed by atoms with Crippen molar-refractivity contribution < 1.29 is 13.6 Å². The molecule has 2 N–H and O–H groups in total. The zero-order valence-electron chi connectivity index (χ0n) is 8.65. The summed E-state index contributed by atoms with van der Waals surface area (Å²) in [6.45, 7) is 0. The third-order valence-electron chi connectivity index (χ3n) is 2.26. The van der Waals surface area contributed by atoms with Crippen LogP contribution in [0.15, 0.2) is 36.5 Å². The molecule has 1 aromatic heterocycles. The number of pyridine rings is 1. The number of nitrogens with two attached hydrogens (primary N) is 1. The molecule has 86 valence electrons. The minimum atomic E-state index is -0.763. The van der Waals surface area contributed by atoms with Crippen molar-refractivity contribution in [2.75, 3.05) is 0 Å². The molecule has 0 radical (unpaired) electrons. The largest absolute Gasteiger partial charge is 0.364 e. The highest BCUT2D eigenvalue weighted by molar-refractivity contribution is 5.97. The Morgan fingerprint density at radius 2 is 1.94 bits per heavy atom. The molecule has 0 saturated heterocycles. The Labute approximate surface area is 95.9 Å². The van der Waals surface area contributed by atoms with E-state index >= 15 is 0 Å². The Kier molecular flexibility index (Phi) is 2.82. The van der Waals surface area contributed by atoms with Crippen LogP contribution in [0.1, 0.15) is 10.5 Å². The SMILES string of the molecule is NC(=O)c1ncccc1-c1ccc(F)cc1F. The first-order valence-corrected chi connectivity index (χ1v) is 4.80. The maximum Gasteiger partial charge on any atom is 0.267 e. The quantitative estimate of drug-likeness (QED) is 0.865. The zero-order valence-corrected chi connectivity index (χ0v) is 8.65. The number of benzene rings is 1. The number of hydrogen-bond acceptors (Lipinski definition) is 2. The lowest BCUT2D eigenvalue weighted by atomic mass is 10.0. The molecule has 0 aliphatic heterocycles. The van der Waals surface area contributed by atoms with E-state index in [9.17, 15) is 13.6 Å². The number of halogens is 2. The summed E-state index contributed by atoms with van der Waals surface area (Å²) in [6.07, 6.45) is 1.38. The molecule has 0 spiro atoms. The van der Waals surface area contributed by atoms with Gasteiger partial charge in [-0.05, 0) is 18.2 Å². The number of carbonyl (C=O) groups excluding carboxylic acids is 1. The summed E-state index contributed by atoms with van der Waals surface area (Å²) in [7, 11) is 0. The number of nitrogens with zero attached hydrogens (tertiary/aromatic N) is 1. The average Bonchev–Trinajstić information content (AvgIpc) is 2.29. The molecule has 0 aliphatic carbocycles. The fraction of sp³-hybridized carbons (Fsp3) is 0. The summed E-state index contributed by atoms with van der Waals surface area (Å²) in [5, 5.41) is 0. The van der Waals surface area contributed by atoms with Crippen LogP contribution in [0, 0.1) is 11.6 Å². The van der Waals surface area contributed by atoms with Gasteiger partial charge in [-0.3, -0.25) is 9.78 Å². The van der Waals surface area contributed by atoms with Crippen molar-refractivity contribution in [3.8, 4) is 11.1 Å². The Morgan fingerprint density at radius 3 is 2.59 bits per heavy atom. The fourth-order valence-electron chi connectivity index (χ4n) is 1.53. The highest BCUT2D eigenvalue weighted by Gasteiger charge is 2.14. The molecule has 2 aromatic rings. The molecule has 5 heteroatoms. The Bertz CT molecular complexity index is 584. The Morgan fingerprint density at radius 1 is 1.18 bits per heavy atom. The van der Waals surface area contributed by atoms with Gasteiger partial charge in [0.1, 0.15) is 17.3 Å². The minimum Gasteiger partial charge on any atom is -0.364 e. The van der Waals surface area contributed by atoms with Gasteiger partial charge in [0, 0.05) is 23.4 Å². The Balaban J connectivity index is 2.64. The second kappa shape index (κ2) is 4.29. The van der Waals surface area contributed by atoms with Gasteiger partial charge in [-0.25, -0.2) is 8.78 Å². The van der Waals surface area contributed by atoms with Gasteiger partial charge >= 0.3 is 0 Å². The van der Waals surface area contributed by atoms with Crippen molar-refractivity contribution in [2.45, 2.75) is 0 Å². The molecular weight excluding hydrogens is 226 g/mol. The molecular formula is C12H8F2N2O. The van der Waals surface area contributed by atoms with E-state index in [0.717, 1.165) is 12.1 Å². The van der Waals surface area contributed by atoms with E-state index in [1.54, 1.807) is 6.07 Å². The number of carbonyl (C=O) groups is 1. The van der Waals surface area contributed by atoms with Crippen LogP contribution in [-0.4, -0.2) is 10.9 Å². The first-order chi connectivity index (χ1) is 8.09. The molecule has 0 aliphatic rings. The maximum atomic E-state index is 13.6. The summed E-state index contributed by atoms with van der Waals surface area (Å²) in [4.78, 5) is 14.9. The summed E-state index contributed by atoms with van der Waals surface area (Å²) in [6, 6.07) is 6.14. The first-order valence-electron chi connectivity index (χ1n) is 4.80. The van der Waals surface area contributed by atoms with Gasteiger partial charge in [0.15, 0.2) is 0 Å². The van der Waals surface area contributed by atoms with Gasteiger partial charge in [-0.2, -0.15) is 0 Å². The lowest BCUT2D eigenvalue weighted by Gasteiger charge is -2.06. The van der Waals surface area contributed by atoms with E-state index in [4.69, 9.17) is 5.73 Å². The lowest BCUT2D eigenvalue weighted by Crippen LogP contribution is -2.14. The van der Waals surface area contributed by atoms with Crippen molar-refractivity contribution in [3.63, 3.8) is 0 Å². The highest BCUT2D eigenvalue weighted by atomic mass is 19.1. The molecule has 0 saturated carbocycles. The van der Waals surface area contributed by atoms with Crippen molar-refractivity contribution in [1.82, 2.24) is 4.98 Å². The van der Waals surface area contributed by atoms with Crippen LogP contribution in [0.5, 0.6) is 0 Å². The number of rotatable bonds is 2. The van der Waals surface area contributed by atoms with Crippen LogP contribution >= 0.6 is 0 Å². The van der Waals surface area contributed by atoms with Gasteiger partial charge in [-0.1, -0.05) is 6.07 Å². The number of aromatic nitrogens is 1. The highest BCUT2D eigenvalue weighted by Crippen LogP contribution is 2.25. The van der Waals surface area contributed by atoms with E-state index in [1.165, 1.54) is 18.3 Å². The van der Waals surface area contributed by atoms with Crippen LogP contribution < -0.4 is 5.73 Å². The molecule has 3 nitrogen and oxygen atoms in total. The minimum absolute atomic E-state index is 0.0435. The fourth-order valence-corrected chi connectivity index (χ4v) is 1.53. The summed E-state index contributed by atoms with van der Waals surface area (Å²) in [5.41, 5.74) is 5.43. The monoisotopic (exact) mass is 234 g/mol. The molecule has 1 aromatic carbocycles. The predicted molar refractivity (Wildman–Crippen MR) is 58.1 cm³/mol. The summed E-state index contributed by atoms with van der Waals surface area (Å²) in [5.74, 6) is -2.21. The van der Waals surface area contributed by atoms with Gasteiger partial charge in [0.05, 0.1) is 0 Å². The van der Waals surface area contributed by atoms with Gasteiger partial charge < -0.3 is 5.73 Å². The molecule has 1 heterocycles. The van der Waals surface area contributed by atoms with Gasteiger partial charge in [0.2, 0.25) is 0 Å².